The molecule has 0 spiro atoms. The molecule has 0 bridgehead atoms. The van der Waals surface area contributed by atoms with Gasteiger partial charge in [-0.25, -0.2) is 0 Å². The van der Waals surface area contributed by atoms with Crippen molar-refractivity contribution in [1.29, 1.82) is 0 Å². The normalized spacial score (nSPS) is 12.9. The number of hydrogen-bond donors (Lipinski definition) is 1. The number of allylic oxidation sites excluding steroid dienone is 12. The van der Waals surface area contributed by atoms with E-state index in [-0.39, 0.29) is 31.6 Å². The number of rotatable bonds is 38. The third-order valence-electron chi connectivity index (χ3n) is 8.98. The van der Waals surface area contributed by atoms with Crippen LogP contribution in [0, 0.1) is 0 Å². The van der Waals surface area contributed by atoms with Crippen LogP contribution in [0.4, 0.5) is 0 Å². The van der Waals surface area contributed by atoms with Gasteiger partial charge in [-0.1, -0.05) is 177 Å². The largest absolute Gasteiger partial charge is 0.462 e. The number of ether oxygens (including phenoxy) is 2. The highest BCUT2D eigenvalue weighted by atomic mass is 16.6. The third kappa shape index (κ3) is 40.1. The molecule has 1 atom stereocenters. The first-order valence-electron chi connectivity index (χ1n) is 21.5. The Morgan fingerprint density at radius 2 is 0.846 bits per heavy atom. The van der Waals surface area contributed by atoms with E-state index in [1.807, 2.05) is 0 Å². The first-order chi connectivity index (χ1) is 25.6. The second-order valence-corrected chi connectivity index (χ2v) is 14.0. The monoisotopic (exact) mass is 725 g/mol. The van der Waals surface area contributed by atoms with Crippen LogP contribution < -0.4 is 0 Å². The van der Waals surface area contributed by atoms with Crippen LogP contribution in [0.15, 0.2) is 72.9 Å². The van der Waals surface area contributed by atoms with E-state index in [1.165, 1.54) is 103 Å². The number of carbonyl (C=O) groups is 2. The van der Waals surface area contributed by atoms with Crippen molar-refractivity contribution in [2.24, 2.45) is 0 Å². The summed E-state index contributed by atoms with van der Waals surface area (Å²) in [5.41, 5.74) is 0. The van der Waals surface area contributed by atoms with Crippen molar-refractivity contribution in [1.82, 2.24) is 0 Å². The van der Waals surface area contributed by atoms with E-state index < -0.39 is 6.10 Å². The molecule has 0 aliphatic carbocycles. The molecule has 298 valence electrons. The topological polar surface area (TPSA) is 72.8 Å². The highest BCUT2D eigenvalue weighted by Gasteiger charge is 2.16. The molecule has 0 radical (unpaired) electrons. The summed E-state index contributed by atoms with van der Waals surface area (Å²) in [4.78, 5) is 24.3. The van der Waals surface area contributed by atoms with Gasteiger partial charge in [-0.2, -0.15) is 0 Å². The lowest BCUT2D eigenvalue weighted by Crippen LogP contribution is -2.28. The van der Waals surface area contributed by atoms with Crippen molar-refractivity contribution in [3.8, 4) is 0 Å². The molecule has 0 amide bonds. The summed E-state index contributed by atoms with van der Waals surface area (Å²) < 4.78 is 10.6. The molecule has 0 saturated carbocycles. The molecule has 0 rings (SSSR count). The van der Waals surface area contributed by atoms with Crippen LogP contribution in [0.3, 0.4) is 0 Å². The molecule has 52 heavy (non-hydrogen) atoms. The van der Waals surface area contributed by atoms with Crippen molar-refractivity contribution < 1.29 is 24.2 Å². The highest BCUT2D eigenvalue weighted by molar-refractivity contribution is 5.70. The molecule has 0 aromatic carbocycles. The molecule has 5 nitrogen and oxygen atoms in total. The van der Waals surface area contributed by atoms with Gasteiger partial charge < -0.3 is 14.6 Å². The van der Waals surface area contributed by atoms with E-state index in [0.29, 0.717) is 12.8 Å². The molecule has 0 saturated heterocycles. The Morgan fingerprint density at radius 3 is 1.33 bits per heavy atom. The summed E-state index contributed by atoms with van der Waals surface area (Å²) in [6, 6.07) is 0. The van der Waals surface area contributed by atoms with Crippen LogP contribution in [0.2, 0.25) is 0 Å². The molecule has 0 aromatic rings. The zero-order valence-electron chi connectivity index (χ0n) is 33.8. The smallest absolute Gasteiger partial charge is 0.306 e. The van der Waals surface area contributed by atoms with E-state index >= 15 is 0 Å². The standard InChI is InChI=1S/C47H80O5/c1-3-5-7-9-11-13-15-17-19-21-22-23-24-26-27-29-31-33-35-37-39-41-46(49)51-44-45(43-48)52-47(50)42-40-38-36-34-32-30-28-25-20-18-16-14-12-10-8-6-4-2/h6,8,12,14,17-20,28,30,34,36,45,48H,3-5,7,9-11,13,15-16,21-27,29,31-33,35,37-44H2,1-2H3/b8-6+,14-12+,19-17+,20-18+,30-28+,36-34+/t45-/m0/s1. The van der Waals surface area contributed by atoms with Gasteiger partial charge in [-0.05, 0) is 77.0 Å². The van der Waals surface area contributed by atoms with E-state index in [4.69, 9.17) is 9.47 Å². The summed E-state index contributed by atoms with van der Waals surface area (Å²) in [7, 11) is 0. The average Bonchev–Trinajstić information content (AvgIpc) is 3.15. The van der Waals surface area contributed by atoms with Gasteiger partial charge in [0.05, 0.1) is 6.61 Å². The molecular formula is C47H80O5. The van der Waals surface area contributed by atoms with Gasteiger partial charge in [-0.3, -0.25) is 9.59 Å². The molecule has 0 aliphatic heterocycles. The van der Waals surface area contributed by atoms with Gasteiger partial charge in [-0.15, -0.1) is 0 Å². The summed E-state index contributed by atoms with van der Waals surface area (Å²) >= 11 is 0. The molecule has 0 aromatic heterocycles. The predicted octanol–water partition coefficient (Wildman–Crippen LogP) is 13.7. The third-order valence-corrected chi connectivity index (χ3v) is 8.98. The molecule has 1 N–H and O–H groups in total. The zero-order chi connectivity index (χ0) is 37.8. The van der Waals surface area contributed by atoms with E-state index in [0.717, 1.165) is 57.8 Å². The fourth-order valence-electron chi connectivity index (χ4n) is 5.76. The van der Waals surface area contributed by atoms with Crippen molar-refractivity contribution in [3.05, 3.63) is 72.9 Å². The quantitative estimate of drug-likeness (QED) is 0.0390. The number of unbranched alkanes of at least 4 members (excludes halogenated alkanes) is 18. The molecule has 5 heteroatoms. The van der Waals surface area contributed by atoms with E-state index in [9.17, 15) is 14.7 Å². The minimum absolute atomic E-state index is 0.0915. The number of aliphatic hydroxyl groups is 1. The lowest BCUT2D eigenvalue weighted by molar-refractivity contribution is -0.161. The Morgan fingerprint density at radius 1 is 0.462 bits per heavy atom. The maximum atomic E-state index is 12.2. The summed E-state index contributed by atoms with van der Waals surface area (Å²) in [5.74, 6) is -0.662. The summed E-state index contributed by atoms with van der Waals surface area (Å²) in [5, 5.41) is 9.57. The van der Waals surface area contributed by atoms with Crippen LogP contribution in [0.1, 0.15) is 194 Å². The number of aliphatic hydroxyl groups excluding tert-OH is 1. The Hall–Kier alpha value is -2.66. The maximum absolute atomic E-state index is 12.2. The van der Waals surface area contributed by atoms with Gasteiger partial charge in [0.15, 0.2) is 6.10 Å². The number of hydrogen-bond acceptors (Lipinski definition) is 5. The first-order valence-corrected chi connectivity index (χ1v) is 21.5. The fourth-order valence-corrected chi connectivity index (χ4v) is 5.76. The van der Waals surface area contributed by atoms with Gasteiger partial charge >= 0.3 is 11.9 Å². The van der Waals surface area contributed by atoms with Gasteiger partial charge in [0.1, 0.15) is 6.61 Å². The fraction of sp³-hybridized carbons (Fsp3) is 0.702. The van der Waals surface area contributed by atoms with E-state index in [2.05, 4.69) is 86.8 Å². The zero-order valence-corrected chi connectivity index (χ0v) is 33.8. The second-order valence-electron chi connectivity index (χ2n) is 14.0. The molecule has 0 heterocycles. The Balaban J connectivity index is 3.61. The minimum Gasteiger partial charge on any atom is -0.462 e. The Bertz CT molecular complexity index is 957. The van der Waals surface area contributed by atoms with Crippen LogP contribution in [0.5, 0.6) is 0 Å². The van der Waals surface area contributed by atoms with Crippen LogP contribution >= 0.6 is 0 Å². The SMILES string of the molecule is CC/C=C/C/C=C/C/C=C/C/C=C/C/C=C/CCCC(=O)O[C@@H](CO)COC(=O)CCCCCCCCCCCCC/C=C/CCCCCCCC. The Labute approximate surface area is 321 Å². The Kier molecular flexibility index (Phi) is 40.6. The first kappa shape index (κ1) is 49.3. The van der Waals surface area contributed by atoms with Crippen LogP contribution in [-0.2, 0) is 19.1 Å². The van der Waals surface area contributed by atoms with Gasteiger partial charge in [0, 0.05) is 12.8 Å². The lowest BCUT2D eigenvalue weighted by atomic mass is 10.0. The summed E-state index contributed by atoms with van der Waals surface area (Å²) in [6.45, 7) is 3.97. The van der Waals surface area contributed by atoms with Crippen molar-refractivity contribution in [3.63, 3.8) is 0 Å². The van der Waals surface area contributed by atoms with Crippen molar-refractivity contribution in [2.45, 2.75) is 200 Å². The van der Waals surface area contributed by atoms with Gasteiger partial charge in [0.2, 0.25) is 0 Å². The molecule has 0 aliphatic rings. The van der Waals surface area contributed by atoms with Gasteiger partial charge in [0.25, 0.3) is 0 Å². The summed E-state index contributed by atoms with van der Waals surface area (Å²) in [6.07, 6.45) is 56.9. The number of carbonyl (C=O) groups excluding carboxylic acids is 2. The van der Waals surface area contributed by atoms with Crippen LogP contribution in [0.25, 0.3) is 0 Å². The molecule has 0 fully saturated rings. The average molecular weight is 725 g/mol. The van der Waals surface area contributed by atoms with Crippen LogP contribution in [-0.4, -0.2) is 36.4 Å². The van der Waals surface area contributed by atoms with Crippen molar-refractivity contribution in [2.75, 3.05) is 13.2 Å². The molecule has 0 unspecified atom stereocenters. The highest BCUT2D eigenvalue weighted by Crippen LogP contribution is 2.14. The maximum Gasteiger partial charge on any atom is 0.306 e. The van der Waals surface area contributed by atoms with Crippen molar-refractivity contribution >= 4 is 11.9 Å². The van der Waals surface area contributed by atoms with E-state index in [1.54, 1.807) is 0 Å². The second kappa shape index (κ2) is 42.8. The lowest BCUT2D eigenvalue weighted by Gasteiger charge is -2.15. The predicted molar refractivity (Wildman–Crippen MR) is 223 cm³/mol. The number of esters is 2. The minimum atomic E-state index is -0.804. The molecular weight excluding hydrogens is 645 g/mol.